The van der Waals surface area contributed by atoms with Gasteiger partial charge in [-0.05, 0) is 19.3 Å². The lowest BCUT2D eigenvalue weighted by atomic mass is 9.83. The van der Waals surface area contributed by atoms with Crippen LogP contribution in [0, 0.1) is 11.8 Å². The Kier molecular flexibility index (Phi) is 4.72. The largest absolute Gasteiger partial charge is 0.383 e. The number of methoxy groups -OCH3 is 1. The molecule has 8 heteroatoms. The fourth-order valence-electron chi connectivity index (χ4n) is 3.41. The van der Waals surface area contributed by atoms with Gasteiger partial charge in [-0.3, -0.25) is 4.79 Å². The highest BCUT2D eigenvalue weighted by Crippen LogP contribution is 2.38. The molecule has 2 aliphatic heterocycles. The molecule has 3 aliphatic rings. The Hall–Kier alpha value is -0.700. The molecule has 22 heavy (non-hydrogen) atoms. The number of rotatable bonds is 6. The minimum atomic E-state index is -3.27. The van der Waals surface area contributed by atoms with Gasteiger partial charge in [0.2, 0.25) is 15.9 Å². The van der Waals surface area contributed by atoms with Gasteiger partial charge in [-0.15, -0.1) is 0 Å². The molecule has 3 fully saturated rings. The van der Waals surface area contributed by atoms with Crippen LogP contribution in [0.5, 0.6) is 0 Å². The number of carbonyl (C=O) groups excluding carboxylic acids is 1. The van der Waals surface area contributed by atoms with Crippen molar-refractivity contribution in [2.24, 2.45) is 11.8 Å². The zero-order valence-electron chi connectivity index (χ0n) is 12.9. The van der Waals surface area contributed by atoms with Crippen molar-refractivity contribution in [3.05, 3.63) is 0 Å². The van der Waals surface area contributed by atoms with E-state index in [1.807, 2.05) is 0 Å². The summed E-state index contributed by atoms with van der Waals surface area (Å²) in [6.45, 7) is 2.18. The first kappa shape index (κ1) is 16.2. The molecule has 0 bridgehead atoms. The van der Waals surface area contributed by atoms with Crippen LogP contribution in [-0.2, 0) is 24.3 Å². The number of hydrogen-bond acceptors (Lipinski definition) is 5. The van der Waals surface area contributed by atoms with Gasteiger partial charge in [-0.2, -0.15) is 4.31 Å². The Morgan fingerprint density at radius 3 is 2.77 bits per heavy atom. The molecule has 0 aromatic heterocycles. The lowest BCUT2D eigenvalue weighted by molar-refractivity contribution is -0.129. The number of piperidine rings is 1. The predicted octanol–water partition coefficient (Wildman–Crippen LogP) is -0.422. The fourth-order valence-corrected chi connectivity index (χ4v) is 5.29. The summed E-state index contributed by atoms with van der Waals surface area (Å²) in [6.07, 6.45) is 2.14. The van der Waals surface area contributed by atoms with Gasteiger partial charge in [0.15, 0.2) is 0 Å². The Bertz CT molecular complexity index is 519. The summed E-state index contributed by atoms with van der Waals surface area (Å²) in [7, 11) is -1.69. The lowest BCUT2D eigenvalue weighted by Gasteiger charge is -2.38. The van der Waals surface area contributed by atoms with Crippen LogP contribution in [-0.4, -0.2) is 69.9 Å². The first-order valence-electron chi connectivity index (χ1n) is 7.91. The van der Waals surface area contributed by atoms with Crippen molar-refractivity contribution < 1.29 is 22.7 Å². The van der Waals surface area contributed by atoms with Crippen LogP contribution in [0.4, 0.5) is 0 Å². The number of carbonyl (C=O) groups is 1. The van der Waals surface area contributed by atoms with Gasteiger partial charge in [-0.25, -0.2) is 8.42 Å². The van der Waals surface area contributed by atoms with Gasteiger partial charge in [0.1, 0.15) is 0 Å². The van der Waals surface area contributed by atoms with Gasteiger partial charge < -0.3 is 14.8 Å². The molecule has 1 amide bonds. The van der Waals surface area contributed by atoms with E-state index >= 15 is 0 Å². The molecule has 126 valence electrons. The predicted molar refractivity (Wildman–Crippen MR) is 79.7 cm³/mol. The SMILES string of the molecule is COCCNC(=O)[C@H]1CN(S(=O)(=O)C2CC2)C[C@H]2OCC[C@@H]12. The minimum Gasteiger partial charge on any atom is -0.383 e. The van der Waals surface area contributed by atoms with Crippen molar-refractivity contribution in [2.75, 3.05) is 40.0 Å². The molecule has 0 radical (unpaired) electrons. The van der Waals surface area contributed by atoms with E-state index < -0.39 is 10.0 Å². The van der Waals surface area contributed by atoms with E-state index in [9.17, 15) is 13.2 Å². The quantitative estimate of drug-likeness (QED) is 0.668. The molecule has 3 rings (SSSR count). The van der Waals surface area contributed by atoms with Crippen LogP contribution in [0.2, 0.25) is 0 Å². The van der Waals surface area contributed by atoms with Crippen LogP contribution >= 0.6 is 0 Å². The summed E-state index contributed by atoms with van der Waals surface area (Å²) < 4.78 is 37.1. The first-order chi connectivity index (χ1) is 10.5. The van der Waals surface area contributed by atoms with Crippen molar-refractivity contribution in [1.29, 1.82) is 0 Å². The Morgan fingerprint density at radius 2 is 2.09 bits per heavy atom. The van der Waals surface area contributed by atoms with Gasteiger partial charge in [-0.1, -0.05) is 0 Å². The summed E-state index contributed by atoms with van der Waals surface area (Å²) in [5, 5.41) is 2.59. The third-order valence-corrected chi connectivity index (χ3v) is 7.14. The summed E-state index contributed by atoms with van der Waals surface area (Å²) >= 11 is 0. The average Bonchev–Trinajstić information content (AvgIpc) is 3.25. The maximum atomic E-state index is 12.5. The number of sulfonamides is 1. The van der Waals surface area contributed by atoms with Crippen LogP contribution in [0.25, 0.3) is 0 Å². The van der Waals surface area contributed by atoms with Gasteiger partial charge >= 0.3 is 0 Å². The Morgan fingerprint density at radius 1 is 1.32 bits per heavy atom. The molecular weight excluding hydrogens is 308 g/mol. The highest BCUT2D eigenvalue weighted by molar-refractivity contribution is 7.90. The van der Waals surface area contributed by atoms with E-state index in [0.29, 0.717) is 26.3 Å². The van der Waals surface area contributed by atoms with E-state index in [1.165, 1.54) is 4.31 Å². The number of amides is 1. The molecule has 2 saturated heterocycles. The third kappa shape index (κ3) is 3.15. The second kappa shape index (κ2) is 6.43. The van der Waals surface area contributed by atoms with Crippen molar-refractivity contribution in [2.45, 2.75) is 30.6 Å². The lowest BCUT2D eigenvalue weighted by Crippen LogP contribution is -2.55. The monoisotopic (exact) mass is 332 g/mol. The van der Waals surface area contributed by atoms with Crippen LogP contribution < -0.4 is 5.32 Å². The number of hydrogen-bond donors (Lipinski definition) is 1. The van der Waals surface area contributed by atoms with Crippen molar-refractivity contribution in [3.63, 3.8) is 0 Å². The van der Waals surface area contributed by atoms with E-state index in [1.54, 1.807) is 7.11 Å². The van der Waals surface area contributed by atoms with E-state index in [0.717, 1.165) is 19.3 Å². The molecule has 0 unspecified atom stereocenters. The molecule has 1 aliphatic carbocycles. The number of fused-ring (bicyclic) bond motifs is 1. The van der Waals surface area contributed by atoms with Crippen LogP contribution in [0.3, 0.4) is 0 Å². The molecule has 3 atom stereocenters. The van der Waals surface area contributed by atoms with Gasteiger partial charge in [0.05, 0.1) is 23.9 Å². The topological polar surface area (TPSA) is 84.9 Å². The zero-order valence-corrected chi connectivity index (χ0v) is 13.7. The van der Waals surface area contributed by atoms with Gasteiger partial charge in [0.25, 0.3) is 0 Å². The molecule has 0 spiro atoms. The van der Waals surface area contributed by atoms with Crippen molar-refractivity contribution in [1.82, 2.24) is 9.62 Å². The summed E-state index contributed by atoms with van der Waals surface area (Å²) in [5.41, 5.74) is 0. The molecular formula is C14H24N2O5S. The smallest absolute Gasteiger partial charge is 0.224 e. The summed E-state index contributed by atoms with van der Waals surface area (Å²) in [5.74, 6) is -0.298. The van der Waals surface area contributed by atoms with Crippen LogP contribution in [0.1, 0.15) is 19.3 Å². The average molecular weight is 332 g/mol. The molecule has 1 saturated carbocycles. The molecule has 7 nitrogen and oxygen atoms in total. The third-order valence-electron chi connectivity index (χ3n) is 4.81. The molecule has 2 heterocycles. The number of nitrogens with one attached hydrogen (secondary N) is 1. The summed E-state index contributed by atoms with van der Waals surface area (Å²) in [4.78, 5) is 12.4. The number of nitrogens with zero attached hydrogens (tertiary/aromatic N) is 1. The maximum absolute atomic E-state index is 12.5. The van der Waals surface area contributed by atoms with Crippen LogP contribution in [0.15, 0.2) is 0 Å². The zero-order chi connectivity index (χ0) is 15.7. The second-order valence-corrected chi connectivity index (χ2v) is 8.53. The Balaban J connectivity index is 1.71. The Labute approximate surface area is 131 Å². The first-order valence-corrected chi connectivity index (χ1v) is 9.41. The van der Waals surface area contributed by atoms with E-state index in [-0.39, 0.29) is 35.6 Å². The molecule has 0 aromatic carbocycles. The van der Waals surface area contributed by atoms with Crippen molar-refractivity contribution in [3.8, 4) is 0 Å². The maximum Gasteiger partial charge on any atom is 0.224 e. The molecule has 0 aromatic rings. The molecule has 1 N–H and O–H groups in total. The normalized spacial score (nSPS) is 32.7. The number of ether oxygens (including phenoxy) is 2. The van der Waals surface area contributed by atoms with E-state index in [2.05, 4.69) is 5.32 Å². The summed E-state index contributed by atoms with van der Waals surface area (Å²) in [6, 6.07) is 0. The second-order valence-electron chi connectivity index (χ2n) is 6.31. The van der Waals surface area contributed by atoms with E-state index in [4.69, 9.17) is 9.47 Å². The highest BCUT2D eigenvalue weighted by atomic mass is 32.2. The minimum absolute atomic E-state index is 0.0896. The standard InChI is InChI=1S/C14H24N2O5S/c1-20-7-5-15-14(17)12-8-16(22(18,19)10-2-3-10)9-13-11(12)4-6-21-13/h10-13H,2-9H2,1H3,(H,15,17)/t11-,12-,13+/m0/s1. The highest BCUT2D eigenvalue weighted by Gasteiger charge is 2.49. The van der Waals surface area contributed by atoms with Crippen molar-refractivity contribution >= 4 is 15.9 Å². The van der Waals surface area contributed by atoms with Gasteiger partial charge in [0, 0.05) is 39.3 Å². The fraction of sp³-hybridized carbons (Fsp3) is 0.929.